The van der Waals surface area contributed by atoms with Gasteiger partial charge in [-0.3, -0.25) is 0 Å². The predicted molar refractivity (Wildman–Crippen MR) is 77.5 cm³/mol. The zero-order valence-electron chi connectivity index (χ0n) is 11.1. The van der Waals surface area contributed by atoms with Crippen molar-refractivity contribution in [2.75, 3.05) is 13.2 Å². The van der Waals surface area contributed by atoms with Crippen molar-refractivity contribution in [1.29, 1.82) is 0 Å². The van der Waals surface area contributed by atoms with Gasteiger partial charge in [0.2, 0.25) is 0 Å². The molecule has 4 rings (SSSR count). The smallest absolute Gasteiger partial charge is 0.168 e. The molecule has 0 atom stereocenters. The zero-order valence-corrected chi connectivity index (χ0v) is 11.9. The van der Waals surface area contributed by atoms with Crippen LogP contribution in [-0.2, 0) is 5.75 Å². The Morgan fingerprint density at radius 1 is 1.25 bits per heavy atom. The third-order valence-electron chi connectivity index (χ3n) is 3.58. The van der Waals surface area contributed by atoms with E-state index < -0.39 is 0 Å². The van der Waals surface area contributed by atoms with E-state index in [1.165, 1.54) is 18.4 Å². The maximum atomic E-state index is 5.75. The van der Waals surface area contributed by atoms with E-state index in [-0.39, 0.29) is 0 Å². The molecule has 0 bridgehead atoms. The van der Waals surface area contributed by atoms with E-state index in [9.17, 15) is 0 Å². The summed E-state index contributed by atoms with van der Waals surface area (Å²) in [5.41, 5.74) is 1.18. The van der Waals surface area contributed by atoms with Gasteiger partial charge in [0.25, 0.3) is 0 Å². The molecule has 1 aromatic carbocycles. The first-order valence-electron chi connectivity index (χ1n) is 6.95. The van der Waals surface area contributed by atoms with Crippen LogP contribution in [0.15, 0.2) is 35.7 Å². The summed E-state index contributed by atoms with van der Waals surface area (Å²) in [6.07, 6.45) is 6.53. The highest BCUT2D eigenvalue weighted by Gasteiger charge is 2.25. The maximum absolute atomic E-state index is 5.75. The number of aromatic nitrogens is 2. The minimum absolute atomic E-state index is 0.630. The van der Waals surface area contributed by atoms with Crippen LogP contribution in [0.3, 0.4) is 0 Å². The molecule has 1 saturated carbocycles. The van der Waals surface area contributed by atoms with Crippen LogP contribution >= 0.6 is 11.8 Å². The third kappa shape index (κ3) is 2.26. The number of rotatable bonds is 4. The molecular formula is C15H16N2O2S. The van der Waals surface area contributed by atoms with Gasteiger partial charge in [-0.2, -0.15) is 0 Å². The molecule has 5 heteroatoms. The van der Waals surface area contributed by atoms with E-state index in [2.05, 4.69) is 21.8 Å². The second kappa shape index (κ2) is 5.05. The Bertz CT molecular complexity index is 622. The first-order chi connectivity index (χ1) is 9.92. The summed E-state index contributed by atoms with van der Waals surface area (Å²) in [6, 6.07) is 6.76. The van der Waals surface area contributed by atoms with E-state index in [0.717, 1.165) is 22.4 Å². The van der Waals surface area contributed by atoms with Crippen LogP contribution in [0.25, 0.3) is 0 Å². The molecule has 0 amide bonds. The van der Waals surface area contributed by atoms with Crippen molar-refractivity contribution in [3.05, 3.63) is 36.2 Å². The van der Waals surface area contributed by atoms with E-state index in [1.807, 2.05) is 18.3 Å². The van der Waals surface area contributed by atoms with E-state index in [4.69, 9.17) is 9.47 Å². The standard InChI is InChI=1S/C15H16N2O2S/c1-2-11(14-13(3-1)18-8-9-19-14)10-20-15-16-6-7-17(15)12-4-5-12/h1-3,6-7,12H,4-5,8-10H2. The number of para-hydroxylation sites is 1. The second-order valence-corrected chi connectivity index (χ2v) is 6.02. The largest absolute Gasteiger partial charge is 0.486 e. The molecule has 0 N–H and O–H groups in total. The van der Waals surface area contributed by atoms with E-state index in [1.54, 1.807) is 11.8 Å². The summed E-state index contributed by atoms with van der Waals surface area (Å²) >= 11 is 1.76. The lowest BCUT2D eigenvalue weighted by Crippen LogP contribution is -2.16. The molecule has 0 spiro atoms. The Labute approximate surface area is 122 Å². The molecule has 0 unspecified atom stereocenters. The van der Waals surface area contributed by atoms with Crippen LogP contribution in [0.5, 0.6) is 11.5 Å². The lowest BCUT2D eigenvalue weighted by molar-refractivity contribution is 0.170. The molecule has 0 radical (unpaired) electrons. The van der Waals surface area contributed by atoms with Crippen LogP contribution in [0, 0.1) is 0 Å². The van der Waals surface area contributed by atoms with Crippen molar-refractivity contribution < 1.29 is 9.47 Å². The van der Waals surface area contributed by atoms with Gasteiger partial charge in [0, 0.05) is 29.8 Å². The van der Waals surface area contributed by atoms with Gasteiger partial charge < -0.3 is 14.0 Å². The van der Waals surface area contributed by atoms with E-state index in [0.29, 0.717) is 19.3 Å². The van der Waals surface area contributed by atoms with Gasteiger partial charge in [0.15, 0.2) is 16.7 Å². The molecule has 1 aromatic heterocycles. The Morgan fingerprint density at radius 3 is 3.05 bits per heavy atom. The summed E-state index contributed by atoms with van der Waals surface area (Å²) in [6.45, 7) is 1.26. The Hall–Kier alpha value is -1.62. The van der Waals surface area contributed by atoms with Gasteiger partial charge in [-0.25, -0.2) is 4.98 Å². The molecule has 1 fully saturated rings. The molecule has 20 heavy (non-hydrogen) atoms. The highest BCUT2D eigenvalue weighted by molar-refractivity contribution is 7.98. The number of imidazole rings is 1. The molecule has 0 saturated heterocycles. The number of hydrogen-bond acceptors (Lipinski definition) is 4. The Morgan fingerprint density at radius 2 is 2.15 bits per heavy atom. The highest BCUT2D eigenvalue weighted by atomic mass is 32.2. The Balaban J connectivity index is 1.53. The van der Waals surface area contributed by atoms with Gasteiger partial charge >= 0.3 is 0 Å². The molecule has 4 nitrogen and oxygen atoms in total. The van der Waals surface area contributed by atoms with Gasteiger partial charge in [0.05, 0.1) is 0 Å². The molecule has 2 heterocycles. The topological polar surface area (TPSA) is 36.3 Å². The van der Waals surface area contributed by atoms with Crippen LogP contribution in [0.4, 0.5) is 0 Å². The van der Waals surface area contributed by atoms with Crippen LogP contribution in [-0.4, -0.2) is 22.8 Å². The SMILES string of the molecule is c1cc(CSc2nccn2C2CC2)c2c(c1)OCCO2. The second-order valence-electron chi connectivity index (χ2n) is 5.08. The molecule has 1 aliphatic heterocycles. The molecular weight excluding hydrogens is 272 g/mol. The van der Waals surface area contributed by atoms with Gasteiger partial charge in [-0.1, -0.05) is 23.9 Å². The van der Waals surface area contributed by atoms with Crippen molar-refractivity contribution >= 4 is 11.8 Å². The first kappa shape index (κ1) is 12.1. The molecule has 104 valence electrons. The summed E-state index contributed by atoms with van der Waals surface area (Å²) < 4.78 is 13.7. The van der Waals surface area contributed by atoms with Crippen molar-refractivity contribution in [3.63, 3.8) is 0 Å². The van der Waals surface area contributed by atoms with Gasteiger partial charge in [0.1, 0.15) is 13.2 Å². The van der Waals surface area contributed by atoms with Crippen LogP contribution in [0.1, 0.15) is 24.4 Å². The van der Waals surface area contributed by atoms with Crippen LogP contribution in [0.2, 0.25) is 0 Å². The lowest BCUT2D eigenvalue weighted by atomic mass is 10.2. The fourth-order valence-corrected chi connectivity index (χ4v) is 3.44. The van der Waals surface area contributed by atoms with Crippen molar-refractivity contribution in [2.45, 2.75) is 29.8 Å². The van der Waals surface area contributed by atoms with E-state index >= 15 is 0 Å². The molecule has 2 aliphatic rings. The van der Waals surface area contributed by atoms with Crippen molar-refractivity contribution in [2.24, 2.45) is 0 Å². The minimum atomic E-state index is 0.630. The molecule has 2 aromatic rings. The Kier molecular flexibility index (Phi) is 3.07. The summed E-state index contributed by atoms with van der Waals surface area (Å²) in [4.78, 5) is 4.46. The van der Waals surface area contributed by atoms with Crippen molar-refractivity contribution in [1.82, 2.24) is 9.55 Å². The predicted octanol–water partition coefficient (Wildman–Crippen LogP) is 3.28. The minimum Gasteiger partial charge on any atom is -0.486 e. The number of nitrogens with zero attached hydrogens (tertiary/aromatic N) is 2. The zero-order chi connectivity index (χ0) is 13.4. The molecule has 1 aliphatic carbocycles. The average Bonchev–Trinajstić information content (AvgIpc) is 3.24. The summed E-state index contributed by atoms with van der Waals surface area (Å²) in [5.74, 6) is 2.62. The lowest BCUT2D eigenvalue weighted by Gasteiger charge is -2.20. The monoisotopic (exact) mass is 288 g/mol. The third-order valence-corrected chi connectivity index (χ3v) is 4.61. The average molecular weight is 288 g/mol. The number of ether oxygens (including phenoxy) is 2. The number of fused-ring (bicyclic) bond motifs is 1. The quantitative estimate of drug-likeness (QED) is 0.809. The highest BCUT2D eigenvalue weighted by Crippen LogP contribution is 2.40. The first-order valence-corrected chi connectivity index (χ1v) is 7.93. The maximum Gasteiger partial charge on any atom is 0.168 e. The summed E-state index contributed by atoms with van der Waals surface area (Å²) in [5, 5.41) is 1.10. The van der Waals surface area contributed by atoms with Gasteiger partial charge in [-0.15, -0.1) is 0 Å². The number of thioether (sulfide) groups is 1. The van der Waals surface area contributed by atoms with Gasteiger partial charge in [-0.05, 0) is 18.9 Å². The normalized spacial score (nSPS) is 17.2. The number of hydrogen-bond donors (Lipinski definition) is 0. The fourth-order valence-electron chi connectivity index (χ4n) is 2.43. The fraction of sp³-hybridized carbons (Fsp3) is 0.400. The summed E-state index contributed by atoms with van der Waals surface area (Å²) in [7, 11) is 0. The number of benzene rings is 1. The van der Waals surface area contributed by atoms with Crippen LogP contribution < -0.4 is 9.47 Å². The van der Waals surface area contributed by atoms with Crippen molar-refractivity contribution in [3.8, 4) is 11.5 Å².